The Balaban J connectivity index is 2.76. The molecule has 1 heterocycles. The number of carbonyl (C=O) groups excluding carboxylic acids is 2. The van der Waals surface area contributed by atoms with E-state index >= 15 is 0 Å². The summed E-state index contributed by atoms with van der Waals surface area (Å²) in [6, 6.07) is 2.50. The fraction of sp³-hybridized carbons (Fsp3) is 0.111. The normalized spacial score (nSPS) is 9.76. The first-order chi connectivity index (χ1) is 7.90. The van der Waals surface area contributed by atoms with E-state index in [9.17, 15) is 14.4 Å². The molecule has 1 N–H and O–H groups in total. The quantitative estimate of drug-likeness (QED) is 0.512. The van der Waals surface area contributed by atoms with E-state index in [1.54, 1.807) is 0 Å². The van der Waals surface area contributed by atoms with E-state index in [4.69, 9.17) is 28.3 Å². The molecule has 1 aromatic heterocycles. The van der Waals surface area contributed by atoms with Gasteiger partial charge in [0.2, 0.25) is 0 Å². The number of carboxylic acid groups (broad SMARTS) is 1. The molecule has 0 bridgehead atoms. The summed E-state index contributed by atoms with van der Waals surface area (Å²) in [5.74, 6) is -3.66. The third-order valence-corrected chi connectivity index (χ3v) is 2.04. The van der Waals surface area contributed by atoms with E-state index < -0.39 is 24.3 Å². The van der Waals surface area contributed by atoms with Crippen LogP contribution in [0.2, 0.25) is 10.3 Å². The molecule has 17 heavy (non-hydrogen) atoms. The first kappa shape index (κ1) is 13.4. The Morgan fingerprint density at radius 2 is 1.94 bits per heavy atom. The van der Waals surface area contributed by atoms with E-state index in [1.807, 2.05) is 0 Å². The summed E-state index contributed by atoms with van der Waals surface area (Å²) in [5, 5.41) is 8.13. The third kappa shape index (κ3) is 4.01. The van der Waals surface area contributed by atoms with Crippen LogP contribution in [0.3, 0.4) is 0 Å². The molecule has 0 aromatic carbocycles. The van der Waals surface area contributed by atoms with Gasteiger partial charge in [-0.1, -0.05) is 23.2 Å². The molecule has 0 amide bonds. The molecule has 0 saturated carbocycles. The molecule has 0 fully saturated rings. The van der Waals surface area contributed by atoms with E-state index in [2.05, 4.69) is 9.72 Å². The summed E-state index contributed by atoms with van der Waals surface area (Å²) >= 11 is 11.1. The highest BCUT2D eigenvalue weighted by Crippen LogP contribution is 2.17. The van der Waals surface area contributed by atoms with Gasteiger partial charge in [-0.05, 0) is 12.1 Å². The summed E-state index contributed by atoms with van der Waals surface area (Å²) in [4.78, 5) is 36.0. The smallest absolute Gasteiger partial charge is 0.348 e. The zero-order valence-electron chi connectivity index (χ0n) is 8.15. The predicted molar refractivity (Wildman–Crippen MR) is 56.9 cm³/mol. The number of hydrogen-bond donors (Lipinski definition) is 1. The van der Waals surface area contributed by atoms with Gasteiger partial charge in [-0.25, -0.2) is 9.78 Å². The number of carboxylic acids is 1. The lowest BCUT2D eigenvalue weighted by Gasteiger charge is -2.02. The van der Waals surface area contributed by atoms with Crippen molar-refractivity contribution in [1.29, 1.82) is 0 Å². The molecule has 0 aliphatic carbocycles. The number of rotatable bonds is 3. The predicted octanol–water partition coefficient (Wildman–Crippen LogP) is 1.55. The maximum Gasteiger partial charge on any atom is 0.348 e. The van der Waals surface area contributed by atoms with Gasteiger partial charge >= 0.3 is 17.9 Å². The second-order valence-corrected chi connectivity index (χ2v) is 3.55. The van der Waals surface area contributed by atoms with Crippen molar-refractivity contribution in [3.63, 3.8) is 0 Å². The Kier molecular flexibility index (Phi) is 4.42. The first-order valence-electron chi connectivity index (χ1n) is 4.19. The summed E-state index contributed by atoms with van der Waals surface area (Å²) in [7, 11) is 0. The molecule has 1 rings (SSSR count). The summed E-state index contributed by atoms with van der Waals surface area (Å²) in [5.41, 5.74) is -0.171. The Labute approximate surface area is 105 Å². The van der Waals surface area contributed by atoms with E-state index in [0.29, 0.717) is 0 Å². The molecule has 90 valence electrons. The van der Waals surface area contributed by atoms with Crippen molar-refractivity contribution >= 4 is 41.1 Å². The Hall–Kier alpha value is -1.66. The molecule has 0 aliphatic rings. The van der Waals surface area contributed by atoms with E-state index in [-0.39, 0.29) is 15.9 Å². The maximum absolute atomic E-state index is 11.4. The zero-order valence-corrected chi connectivity index (χ0v) is 9.66. The van der Waals surface area contributed by atoms with Crippen molar-refractivity contribution in [3.8, 4) is 0 Å². The van der Waals surface area contributed by atoms with Crippen molar-refractivity contribution < 1.29 is 24.2 Å². The zero-order chi connectivity index (χ0) is 13.0. The van der Waals surface area contributed by atoms with Gasteiger partial charge in [0, 0.05) is 0 Å². The molecule has 0 saturated heterocycles. The van der Waals surface area contributed by atoms with E-state index in [0.717, 1.165) is 0 Å². The minimum Gasteiger partial charge on any atom is -0.481 e. The van der Waals surface area contributed by atoms with Crippen molar-refractivity contribution in [2.75, 3.05) is 0 Å². The second kappa shape index (κ2) is 5.60. The number of hydrogen-bond acceptors (Lipinski definition) is 5. The average molecular weight is 278 g/mol. The molecule has 0 radical (unpaired) electrons. The highest BCUT2D eigenvalue weighted by Gasteiger charge is 2.18. The van der Waals surface area contributed by atoms with Crippen LogP contribution in [-0.4, -0.2) is 28.0 Å². The van der Waals surface area contributed by atoms with Crippen LogP contribution in [0.1, 0.15) is 16.8 Å². The average Bonchev–Trinajstić information content (AvgIpc) is 2.15. The molecule has 0 atom stereocenters. The van der Waals surface area contributed by atoms with Crippen LogP contribution in [0.15, 0.2) is 12.1 Å². The summed E-state index contributed by atoms with van der Waals surface area (Å²) in [6.45, 7) is 0. The van der Waals surface area contributed by atoms with E-state index in [1.165, 1.54) is 12.1 Å². The van der Waals surface area contributed by atoms with Crippen molar-refractivity contribution in [2.45, 2.75) is 6.42 Å². The third-order valence-electron chi connectivity index (χ3n) is 1.54. The molecule has 8 heteroatoms. The number of halogens is 2. The molecule has 0 spiro atoms. The fourth-order valence-corrected chi connectivity index (χ4v) is 1.30. The van der Waals surface area contributed by atoms with Crippen LogP contribution >= 0.6 is 23.2 Å². The Morgan fingerprint density at radius 1 is 1.29 bits per heavy atom. The standard InChI is InChI=1S/C9H5Cl2NO5/c10-5-2-1-4(8(11)12-5)9(16)17-7(15)3-6(13)14/h1-2H,3H2,(H,13,14). The van der Waals surface area contributed by atoms with Crippen LogP contribution in [-0.2, 0) is 14.3 Å². The number of ether oxygens (including phenoxy) is 1. The molecule has 6 nitrogen and oxygen atoms in total. The highest BCUT2D eigenvalue weighted by atomic mass is 35.5. The largest absolute Gasteiger partial charge is 0.481 e. The molecule has 0 unspecified atom stereocenters. The van der Waals surface area contributed by atoms with Crippen LogP contribution < -0.4 is 0 Å². The Morgan fingerprint density at radius 3 is 2.47 bits per heavy atom. The van der Waals surface area contributed by atoms with Gasteiger partial charge in [-0.15, -0.1) is 0 Å². The number of esters is 2. The van der Waals surface area contributed by atoms with Gasteiger partial charge in [0.15, 0.2) is 0 Å². The number of nitrogens with zero attached hydrogens (tertiary/aromatic N) is 1. The number of aliphatic carboxylic acids is 1. The molecule has 0 aliphatic heterocycles. The molecular weight excluding hydrogens is 273 g/mol. The minimum absolute atomic E-state index is 0.0726. The SMILES string of the molecule is O=C(O)CC(=O)OC(=O)c1ccc(Cl)nc1Cl. The van der Waals surface area contributed by atoms with Crippen LogP contribution in [0, 0.1) is 0 Å². The molecule has 1 aromatic rings. The van der Waals surface area contributed by atoms with Crippen molar-refractivity contribution in [2.24, 2.45) is 0 Å². The fourth-order valence-electron chi connectivity index (χ4n) is 0.882. The summed E-state index contributed by atoms with van der Waals surface area (Å²) in [6.07, 6.45) is -0.912. The van der Waals surface area contributed by atoms with Gasteiger partial charge in [0.25, 0.3) is 0 Å². The maximum atomic E-state index is 11.4. The van der Waals surface area contributed by atoms with Crippen molar-refractivity contribution in [1.82, 2.24) is 4.98 Å². The lowest BCUT2D eigenvalue weighted by Crippen LogP contribution is -2.16. The lowest BCUT2D eigenvalue weighted by molar-refractivity contribution is -0.147. The number of pyridine rings is 1. The Bertz CT molecular complexity index is 488. The summed E-state index contributed by atoms with van der Waals surface area (Å²) < 4.78 is 4.24. The lowest BCUT2D eigenvalue weighted by atomic mass is 10.3. The number of carbonyl (C=O) groups is 3. The highest BCUT2D eigenvalue weighted by molar-refractivity contribution is 6.34. The number of aromatic nitrogens is 1. The first-order valence-corrected chi connectivity index (χ1v) is 4.94. The molecular formula is C9H5Cl2NO5. The van der Waals surface area contributed by atoms with Gasteiger partial charge in [-0.3, -0.25) is 9.59 Å². The minimum atomic E-state index is -1.40. The van der Waals surface area contributed by atoms with Crippen LogP contribution in [0.5, 0.6) is 0 Å². The van der Waals surface area contributed by atoms with Crippen LogP contribution in [0.4, 0.5) is 0 Å². The monoisotopic (exact) mass is 277 g/mol. The topological polar surface area (TPSA) is 93.6 Å². The van der Waals surface area contributed by atoms with Gasteiger partial charge < -0.3 is 9.84 Å². The van der Waals surface area contributed by atoms with Crippen LogP contribution in [0.25, 0.3) is 0 Å². The van der Waals surface area contributed by atoms with Crippen molar-refractivity contribution in [3.05, 3.63) is 28.0 Å². The van der Waals surface area contributed by atoms with Gasteiger partial charge in [0.1, 0.15) is 16.7 Å². The second-order valence-electron chi connectivity index (χ2n) is 2.80. The van der Waals surface area contributed by atoms with Gasteiger partial charge in [-0.2, -0.15) is 0 Å². The van der Waals surface area contributed by atoms with Gasteiger partial charge in [0.05, 0.1) is 5.56 Å².